The molecular weight excluding hydrogens is 813 g/mol. The van der Waals surface area contributed by atoms with Crippen molar-refractivity contribution in [3.05, 3.63) is 255 Å². The van der Waals surface area contributed by atoms with Crippen LogP contribution in [0.3, 0.4) is 0 Å². The minimum atomic E-state index is 0.878. The van der Waals surface area contributed by atoms with Crippen molar-refractivity contribution < 1.29 is 4.42 Å². The van der Waals surface area contributed by atoms with Crippen LogP contribution in [0.5, 0.6) is 0 Å². The Balaban J connectivity index is 0.842. The Hall–Kier alpha value is -8.92. The van der Waals surface area contributed by atoms with E-state index in [1.807, 2.05) is 12.1 Å². The number of para-hydroxylation sites is 4. The fourth-order valence-electron chi connectivity index (χ4n) is 10.1. The number of hydrogen-bond donors (Lipinski definition) is 0. The minimum Gasteiger partial charge on any atom is -0.456 e. The zero-order valence-corrected chi connectivity index (χ0v) is 36.6. The number of aromatic nitrogens is 1. The number of nitrogens with zero attached hydrogens (tertiary/aromatic N) is 2. The van der Waals surface area contributed by atoms with Gasteiger partial charge in [0.05, 0.1) is 16.7 Å². The van der Waals surface area contributed by atoms with Crippen LogP contribution in [-0.4, -0.2) is 4.57 Å². The second kappa shape index (κ2) is 16.0. The average Bonchev–Trinajstić information content (AvgIpc) is 3.95. The Labute approximate surface area is 388 Å². The van der Waals surface area contributed by atoms with Crippen LogP contribution < -0.4 is 4.90 Å². The molecule has 2 heterocycles. The lowest BCUT2D eigenvalue weighted by Crippen LogP contribution is -2.09. The second-order valence-electron chi connectivity index (χ2n) is 17.3. The first-order valence-electron chi connectivity index (χ1n) is 22.9. The molecule has 0 unspecified atom stereocenters. The van der Waals surface area contributed by atoms with E-state index >= 15 is 0 Å². The molecule has 13 rings (SSSR count). The van der Waals surface area contributed by atoms with E-state index in [0.29, 0.717) is 0 Å². The molecule has 0 radical (unpaired) electrons. The van der Waals surface area contributed by atoms with Crippen molar-refractivity contribution in [2.75, 3.05) is 4.90 Å². The highest BCUT2D eigenvalue weighted by atomic mass is 16.3. The van der Waals surface area contributed by atoms with Crippen LogP contribution in [0.2, 0.25) is 0 Å². The van der Waals surface area contributed by atoms with Gasteiger partial charge in [-0.05, 0) is 129 Å². The number of hydrogen-bond acceptors (Lipinski definition) is 2. The maximum atomic E-state index is 6.27. The van der Waals surface area contributed by atoms with E-state index in [1.165, 1.54) is 71.6 Å². The normalized spacial score (nSPS) is 11.6. The van der Waals surface area contributed by atoms with E-state index in [0.717, 1.165) is 50.1 Å². The van der Waals surface area contributed by atoms with E-state index in [4.69, 9.17) is 4.42 Å². The van der Waals surface area contributed by atoms with Gasteiger partial charge in [-0.15, -0.1) is 0 Å². The molecule has 11 aromatic carbocycles. The van der Waals surface area contributed by atoms with E-state index in [1.54, 1.807) is 0 Å². The van der Waals surface area contributed by atoms with Gasteiger partial charge in [0.1, 0.15) is 11.2 Å². The first-order chi connectivity index (χ1) is 33.2. The summed E-state index contributed by atoms with van der Waals surface area (Å²) in [7, 11) is 0. The lowest BCUT2D eigenvalue weighted by molar-refractivity contribution is 0.669. The van der Waals surface area contributed by atoms with Gasteiger partial charge >= 0.3 is 0 Å². The second-order valence-corrected chi connectivity index (χ2v) is 17.3. The van der Waals surface area contributed by atoms with Gasteiger partial charge in [0.25, 0.3) is 0 Å². The molecule has 0 saturated heterocycles. The number of fused-ring (bicyclic) bond motifs is 7. The van der Waals surface area contributed by atoms with Gasteiger partial charge in [0.15, 0.2) is 0 Å². The van der Waals surface area contributed by atoms with Crippen LogP contribution in [0.15, 0.2) is 259 Å². The minimum absolute atomic E-state index is 0.878. The zero-order chi connectivity index (χ0) is 44.3. The molecule has 0 aliphatic rings. The Morgan fingerprint density at radius 2 is 0.776 bits per heavy atom. The van der Waals surface area contributed by atoms with Crippen LogP contribution >= 0.6 is 0 Å². The third-order valence-electron chi connectivity index (χ3n) is 13.4. The highest BCUT2D eigenvalue weighted by Crippen LogP contribution is 2.41. The smallest absolute Gasteiger partial charge is 0.135 e. The summed E-state index contributed by atoms with van der Waals surface area (Å²) in [5.41, 5.74) is 18.0. The molecule has 13 aromatic rings. The standard InChI is InChI=1S/C64H42N2O/c1-2-13-48-41-51(29-26-43(48)12-1)50-15-11-14-49(40-50)46-32-36-53(37-33-46)65(54-38-39-64-59(42-54)58-19-6-10-23-63(58)67-64)52-34-30-45(31-35-52)44-24-27-47(28-25-44)55-16-3-7-20-60(55)66-61-21-8-4-17-56(61)57-18-5-9-22-62(57)66/h1-42H. The van der Waals surface area contributed by atoms with Crippen molar-refractivity contribution >= 4 is 71.6 Å². The van der Waals surface area contributed by atoms with Gasteiger partial charge in [0.2, 0.25) is 0 Å². The van der Waals surface area contributed by atoms with Crippen molar-refractivity contribution in [3.8, 4) is 50.2 Å². The summed E-state index contributed by atoms with van der Waals surface area (Å²) in [6.07, 6.45) is 0. The van der Waals surface area contributed by atoms with Gasteiger partial charge in [-0.3, -0.25) is 0 Å². The van der Waals surface area contributed by atoms with Gasteiger partial charge in [-0.2, -0.15) is 0 Å². The van der Waals surface area contributed by atoms with E-state index in [9.17, 15) is 0 Å². The summed E-state index contributed by atoms with van der Waals surface area (Å²) in [6.45, 7) is 0. The Kier molecular flexibility index (Phi) is 9.17. The number of benzene rings is 11. The molecule has 314 valence electrons. The molecular formula is C64H42N2O. The molecule has 0 saturated carbocycles. The van der Waals surface area contributed by atoms with E-state index < -0.39 is 0 Å². The Morgan fingerprint density at radius 3 is 1.49 bits per heavy atom. The summed E-state index contributed by atoms with van der Waals surface area (Å²) in [4.78, 5) is 2.34. The molecule has 2 aromatic heterocycles. The topological polar surface area (TPSA) is 21.3 Å². The van der Waals surface area contributed by atoms with Gasteiger partial charge in [0, 0.05) is 44.2 Å². The largest absolute Gasteiger partial charge is 0.456 e. The maximum Gasteiger partial charge on any atom is 0.135 e. The summed E-state index contributed by atoms with van der Waals surface area (Å²) >= 11 is 0. The third-order valence-corrected chi connectivity index (χ3v) is 13.4. The monoisotopic (exact) mass is 854 g/mol. The zero-order valence-electron chi connectivity index (χ0n) is 36.6. The average molecular weight is 855 g/mol. The number of furan rings is 1. The van der Waals surface area contributed by atoms with Crippen molar-refractivity contribution in [2.45, 2.75) is 0 Å². The number of anilines is 3. The molecule has 0 aliphatic heterocycles. The fourth-order valence-corrected chi connectivity index (χ4v) is 10.1. The van der Waals surface area contributed by atoms with Crippen LogP contribution in [0.25, 0.3) is 105 Å². The van der Waals surface area contributed by atoms with E-state index in [2.05, 4.69) is 252 Å². The summed E-state index contributed by atoms with van der Waals surface area (Å²) in [6, 6.07) is 91.9. The Morgan fingerprint density at radius 1 is 0.284 bits per heavy atom. The van der Waals surface area contributed by atoms with Crippen LogP contribution in [-0.2, 0) is 0 Å². The first-order valence-corrected chi connectivity index (χ1v) is 22.9. The SMILES string of the molecule is c1cc(-c2ccc(N(c3ccc(-c4ccc(-c5ccccc5-n5c6ccccc6c6ccccc65)cc4)cc3)c3ccc4oc5ccccc5c4c3)cc2)cc(-c2ccc3ccccc3c2)c1. The maximum absolute atomic E-state index is 6.27. The number of rotatable bonds is 8. The predicted octanol–water partition coefficient (Wildman–Crippen LogP) is 18.0. The van der Waals surface area contributed by atoms with Crippen LogP contribution in [0.1, 0.15) is 0 Å². The fraction of sp³-hybridized carbons (Fsp3) is 0. The van der Waals surface area contributed by atoms with E-state index in [-0.39, 0.29) is 0 Å². The summed E-state index contributed by atoms with van der Waals surface area (Å²) < 4.78 is 8.67. The van der Waals surface area contributed by atoms with Crippen molar-refractivity contribution in [3.63, 3.8) is 0 Å². The predicted molar refractivity (Wildman–Crippen MR) is 282 cm³/mol. The summed E-state index contributed by atoms with van der Waals surface area (Å²) in [5.74, 6) is 0. The molecule has 0 N–H and O–H groups in total. The Bertz CT molecular complexity index is 3920. The lowest BCUT2D eigenvalue weighted by atomic mass is 9.97. The van der Waals surface area contributed by atoms with Crippen LogP contribution in [0.4, 0.5) is 17.1 Å². The summed E-state index contributed by atoms with van der Waals surface area (Å²) in [5, 5.41) is 7.22. The van der Waals surface area contributed by atoms with Gasteiger partial charge in [-0.25, -0.2) is 0 Å². The molecule has 0 atom stereocenters. The molecule has 0 fully saturated rings. The molecule has 67 heavy (non-hydrogen) atoms. The van der Waals surface area contributed by atoms with Crippen molar-refractivity contribution in [1.29, 1.82) is 0 Å². The highest BCUT2D eigenvalue weighted by Gasteiger charge is 2.18. The van der Waals surface area contributed by atoms with Gasteiger partial charge < -0.3 is 13.9 Å². The molecule has 3 nitrogen and oxygen atoms in total. The highest BCUT2D eigenvalue weighted by molar-refractivity contribution is 6.10. The molecule has 0 bridgehead atoms. The first kappa shape index (κ1) is 38.5. The van der Waals surface area contributed by atoms with Crippen molar-refractivity contribution in [2.24, 2.45) is 0 Å². The lowest BCUT2D eigenvalue weighted by Gasteiger charge is -2.26. The van der Waals surface area contributed by atoms with Gasteiger partial charge in [-0.1, -0.05) is 176 Å². The molecule has 0 aliphatic carbocycles. The van der Waals surface area contributed by atoms with Crippen molar-refractivity contribution in [1.82, 2.24) is 4.57 Å². The molecule has 3 heteroatoms. The third kappa shape index (κ3) is 6.76. The molecule has 0 amide bonds. The molecule has 0 spiro atoms. The quantitative estimate of drug-likeness (QED) is 0.152. The van der Waals surface area contributed by atoms with Crippen LogP contribution in [0, 0.1) is 0 Å².